The molecule has 8 nitrogen and oxygen atoms in total. The lowest BCUT2D eigenvalue weighted by Crippen LogP contribution is -2.46. The van der Waals surface area contributed by atoms with Crippen LogP contribution in [0.1, 0.15) is 13.3 Å². The lowest BCUT2D eigenvalue weighted by atomic mass is 10.3. The Bertz CT molecular complexity index is 453. The van der Waals surface area contributed by atoms with E-state index in [1.165, 1.54) is 0 Å². The minimum Gasteiger partial charge on any atom is -0.481 e. The number of amides is 1. The van der Waals surface area contributed by atoms with Gasteiger partial charge >= 0.3 is 11.9 Å². The number of nitrogens with zero attached hydrogens (tertiary/aromatic N) is 2. The molecule has 0 radical (unpaired) electrons. The zero-order valence-electron chi connectivity index (χ0n) is 15.8. The molecule has 0 saturated heterocycles. The van der Waals surface area contributed by atoms with Crippen LogP contribution in [0.4, 0.5) is 0 Å². The highest BCUT2D eigenvalue weighted by molar-refractivity contribution is 5.92. The number of rotatable bonds is 9. The van der Waals surface area contributed by atoms with E-state index in [1.807, 2.05) is 35.2 Å². The normalized spacial score (nSPS) is 11.1. The molecule has 0 aliphatic carbocycles. The summed E-state index contributed by atoms with van der Waals surface area (Å²) in [5, 5.41) is 19.5. The molecule has 0 bridgehead atoms. The Balaban J connectivity index is 0. The van der Waals surface area contributed by atoms with Crippen molar-refractivity contribution in [3.63, 3.8) is 0 Å². The molecule has 0 saturated carbocycles. The van der Waals surface area contributed by atoms with Gasteiger partial charge in [-0.1, -0.05) is 6.58 Å². The number of hydrogen-bond donors (Lipinski definition) is 3. The van der Waals surface area contributed by atoms with Gasteiger partial charge < -0.3 is 24.5 Å². The molecule has 0 unspecified atom stereocenters. The van der Waals surface area contributed by atoms with Crippen LogP contribution in [0.2, 0.25) is 0 Å². The van der Waals surface area contributed by atoms with Crippen LogP contribution in [-0.4, -0.2) is 98.4 Å². The van der Waals surface area contributed by atoms with Crippen LogP contribution in [0, 0.1) is 0 Å². The van der Waals surface area contributed by atoms with Gasteiger partial charge in [0.05, 0.1) is 61.3 Å². The van der Waals surface area contributed by atoms with Gasteiger partial charge in [0.2, 0.25) is 5.91 Å². The molecule has 3 N–H and O–H groups in total. The maximum Gasteiger partial charge on any atom is 0.359 e. The molecule has 140 valence electrons. The van der Waals surface area contributed by atoms with E-state index >= 15 is 0 Å². The molecule has 0 atom stereocenters. The number of carboxylic acids is 2. The zero-order chi connectivity index (χ0) is 19.6. The standard InChI is InChI=1S/C11H20N2O3.C5H11NO2/c1-9(2)11(16)12-6-8-13(3,4)7-5-10(14)15;1-6(2,3)4-5(7)8/h1,5-8H2,2-4H3,(H-,12,14,15,16);4H2,1-3H3/p+2. The molecule has 1 amide bonds. The maximum absolute atomic E-state index is 11.2. The van der Waals surface area contributed by atoms with Gasteiger partial charge in [0.25, 0.3) is 0 Å². The molecule has 0 fully saturated rings. The second kappa shape index (κ2) is 10.8. The first kappa shape index (κ1) is 24.3. The largest absolute Gasteiger partial charge is 0.481 e. The fourth-order valence-corrected chi connectivity index (χ4v) is 1.54. The van der Waals surface area contributed by atoms with E-state index < -0.39 is 11.9 Å². The summed E-state index contributed by atoms with van der Waals surface area (Å²) in [6, 6.07) is 0. The number of carbonyl (C=O) groups is 3. The summed E-state index contributed by atoms with van der Waals surface area (Å²) >= 11 is 0. The molecule has 0 aromatic rings. The molecule has 24 heavy (non-hydrogen) atoms. The van der Waals surface area contributed by atoms with E-state index in [-0.39, 0.29) is 18.9 Å². The first-order valence-corrected chi connectivity index (χ1v) is 7.66. The van der Waals surface area contributed by atoms with E-state index in [4.69, 9.17) is 10.2 Å². The molecule has 0 aromatic carbocycles. The average Bonchev–Trinajstić information content (AvgIpc) is 2.33. The van der Waals surface area contributed by atoms with Crippen molar-refractivity contribution in [2.45, 2.75) is 13.3 Å². The predicted octanol–water partition coefficient (Wildman–Crippen LogP) is 0.00700. The summed E-state index contributed by atoms with van der Waals surface area (Å²) in [6.45, 7) is 7.15. The summed E-state index contributed by atoms with van der Waals surface area (Å²) in [7, 11) is 9.40. The van der Waals surface area contributed by atoms with Gasteiger partial charge in [-0.25, -0.2) is 4.79 Å². The van der Waals surface area contributed by atoms with Crippen molar-refractivity contribution in [1.29, 1.82) is 0 Å². The zero-order valence-corrected chi connectivity index (χ0v) is 15.8. The van der Waals surface area contributed by atoms with Crippen LogP contribution in [0.5, 0.6) is 0 Å². The molecule has 0 aliphatic rings. The highest BCUT2D eigenvalue weighted by Crippen LogP contribution is 1.98. The van der Waals surface area contributed by atoms with Crippen molar-refractivity contribution in [3.05, 3.63) is 12.2 Å². The van der Waals surface area contributed by atoms with E-state index in [1.54, 1.807) is 6.92 Å². The Morgan fingerprint density at radius 2 is 1.46 bits per heavy atom. The monoisotopic (exact) mass is 347 g/mol. The lowest BCUT2D eigenvalue weighted by molar-refractivity contribution is -0.888. The smallest absolute Gasteiger partial charge is 0.359 e. The third-order valence-corrected chi connectivity index (χ3v) is 2.93. The van der Waals surface area contributed by atoms with Crippen LogP contribution < -0.4 is 5.32 Å². The number of nitrogens with one attached hydrogen (secondary N) is 1. The lowest BCUT2D eigenvalue weighted by Gasteiger charge is -2.29. The van der Waals surface area contributed by atoms with Gasteiger partial charge in [0, 0.05) is 5.57 Å². The summed E-state index contributed by atoms with van der Waals surface area (Å²) < 4.78 is 1.05. The Labute approximate surface area is 144 Å². The molecule has 0 rings (SSSR count). The minimum atomic E-state index is -0.794. The number of hydrogen-bond acceptors (Lipinski definition) is 3. The molecule has 0 aromatic heterocycles. The van der Waals surface area contributed by atoms with Crippen LogP contribution in [0.15, 0.2) is 12.2 Å². The summed E-state index contributed by atoms with van der Waals surface area (Å²) in [5.41, 5.74) is 0.482. The second-order valence-electron chi connectivity index (χ2n) is 7.41. The van der Waals surface area contributed by atoms with Gasteiger partial charge in [-0.3, -0.25) is 9.59 Å². The number of quaternary nitrogens is 2. The van der Waals surface area contributed by atoms with Crippen LogP contribution in [0.25, 0.3) is 0 Å². The third-order valence-electron chi connectivity index (χ3n) is 2.93. The fourth-order valence-electron chi connectivity index (χ4n) is 1.54. The van der Waals surface area contributed by atoms with E-state index in [0.29, 0.717) is 34.2 Å². The number of aliphatic carboxylic acids is 2. The maximum atomic E-state index is 11.2. The Hall–Kier alpha value is -1.93. The fraction of sp³-hybridized carbons (Fsp3) is 0.688. The van der Waals surface area contributed by atoms with E-state index in [9.17, 15) is 14.4 Å². The van der Waals surface area contributed by atoms with Crippen LogP contribution >= 0.6 is 0 Å². The van der Waals surface area contributed by atoms with Crippen molar-refractivity contribution >= 4 is 17.8 Å². The topological polar surface area (TPSA) is 104 Å². The van der Waals surface area contributed by atoms with E-state index in [0.717, 1.165) is 0 Å². The van der Waals surface area contributed by atoms with Gasteiger partial charge in [0.15, 0.2) is 6.54 Å². The molecular weight excluding hydrogens is 314 g/mol. The highest BCUT2D eigenvalue weighted by Gasteiger charge is 2.16. The van der Waals surface area contributed by atoms with Crippen molar-refractivity contribution in [1.82, 2.24) is 5.32 Å². The Morgan fingerprint density at radius 1 is 0.958 bits per heavy atom. The minimum absolute atomic E-state index is 0.140. The first-order chi connectivity index (χ1) is 10.7. The van der Waals surface area contributed by atoms with Gasteiger partial charge in [-0.05, 0) is 6.92 Å². The van der Waals surface area contributed by atoms with Crippen molar-refractivity contribution in [2.24, 2.45) is 0 Å². The highest BCUT2D eigenvalue weighted by atomic mass is 16.4. The molecule has 0 aliphatic heterocycles. The van der Waals surface area contributed by atoms with Crippen LogP contribution in [-0.2, 0) is 14.4 Å². The third kappa shape index (κ3) is 18.1. The quantitative estimate of drug-likeness (QED) is 0.403. The number of carbonyl (C=O) groups excluding carboxylic acids is 1. The second-order valence-corrected chi connectivity index (χ2v) is 7.41. The Morgan fingerprint density at radius 3 is 1.75 bits per heavy atom. The first-order valence-electron chi connectivity index (χ1n) is 7.66. The molecule has 0 spiro atoms. The van der Waals surface area contributed by atoms with E-state index in [2.05, 4.69) is 11.9 Å². The Kier molecular flexibility index (Phi) is 10.9. The van der Waals surface area contributed by atoms with Gasteiger partial charge in [-0.2, -0.15) is 0 Å². The molecule has 0 heterocycles. The number of carboxylic acid groups (broad SMARTS) is 2. The van der Waals surface area contributed by atoms with Crippen LogP contribution in [0.3, 0.4) is 0 Å². The van der Waals surface area contributed by atoms with Crippen molar-refractivity contribution < 1.29 is 33.6 Å². The predicted molar refractivity (Wildman–Crippen MR) is 92.5 cm³/mol. The summed E-state index contributed by atoms with van der Waals surface area (Å²) in [6.07, 6.45) is 0.140. The van der Waals surface area contributed by atoms with Crippen molar-refractivity contribution in [2.75, 3.05) is 61.4 Å². The van der Waals surface area contributed by atoms with Gasteiger partial charge in [-0.15, -0.1) is 0 Å². The summed E-state index contributed by atoms with van der Waals surface area (Å²) in [5.74, 6) is -1.70. The molecular formula is C16H33N3O5+2. The SMILES string of the molecule is C=C(C)C(=O)NCC[N+](C)(C)CCC(=O)O.C[N+](C)(C)CC(=O)O. The van der Waals surface area contributed by atoms with Gasteiger partial charge in [0.1, 0.15) is 0 Å². The average molecular weight is 347 g/mol. The molecule has 8 heteroatoms. The summed E-state index contributed by atoms with van der Waals surface area (Å²) in [4.78, 5) is 31.6. The van der Waals surface area contributed by atoms with Crippen molar-refractivity contribution in [3.8, 4) is 0 Å². The number of likely N-dealkylation sites (N-methyl/N-ethyl adjacent to an activating group) is 2.